The molecule has 1 aromatic heterocycles. The molecule has 1 spiro atoms. The largest absolute Gasteiger partial charge is 0.378 e. The maximum Gasteiger partial charge on any atom is 0.161 e. The highest BCUT2D eigenvalue weighted by atomic mass is 19.2. The van der Waals surface area contributed by atoms with Crippen molar-refractivity contribution in [3.8, 4) is 0 Å². The van der Waals surface area contributed by atoms with Crippen LogP contribution in [0.25, 0.3) is 11.0 Å². The van der Waals surface area contributed by atoms with Gasteiger partial charge < -0.3 is 14.4 Å². The Kier molecular flexibility index (Phi) is 3.19. The molecule has 2 saturated heterocycles. The van der Waals surface area contributed by atoms with Crippen molar-refractivity contribution < 1.29 is 18.3 Å². The van der Waals surface area contributed by atoms with Crippen LogP contribution in [-0.2, 0) is 9.47 Å². The van der Waals surface area contributed by atoms with Crippen molar-refractivity contribution in [1.82, 2.24) is 9.97 Å². The molecule has 0 N–H and O–H groups in total. The Morgan fingerprint density at radius 3 is 2.73 bits per heavy atom. The standard InChI is InChI=1S/C15H15F2N3O2/c16-10-5-12-13(6-11(10)17)19-14(7-18-12)20-2-4-22-15(8-20)1-3-21-9-15/h5-7H,1-4,8-9H2. The fourth-order valence-corrected chi connectivity index (χ4v) is 3.02. The number of morpholine rings is 1. The molecule has 1 unspecified atom stereocenters. The maximum absolute atomic E-state index is 13.4. The molecule has 2 fully saturated rings. The summed E-state index contributed by atoms with van der Waals surface area (Å²) < 4.78 is 37.9. The summed E-state index contributed by atoms with van der Waals surface area (Å²) in [4.78, 5) is 10.7. The number of hydrogen-bond donors (Lipinski definition) is 0. The lowest BCUT2D eigenvalue weighted by Crippen LogP contribution is -2.52. The second-order valence-electron chi connectivity index (χ2n) is 5.74. The van der Waals surface area contributed by atoms with E-state index in [4.69, 9.17) is 9.47 Å². The number of anilines is 1. The third kappa shape index (κ3) is 2.30. The molecule has 1 atom stereocenters. The van der Waals surface area contributed by atoms with E-state index in [1.54, 1.807) is 6.20 Å². The third-order valence-corrected chi connectivity index (χ3v) is 4.21. The molecular formula is C15H15F2N3O2. The van der Waals surface area contributed by atoms with Gasteiger partial charge in [-0.05, 0) is 0 Å². The topological polar surface area (TPSA) is 47.5 Å². The second kappa shape index (κ2) is 5.10. The Bertz CT molecular complexity index is 719. The van der Waals surface area contributed by atoms with Crippen molar-refractivity contribution in [2.24, 2.45) is 0 Å². The first-order valence-electron chi connectivity index (χ1n) is 7.24. The van der Waals surface area contributed by atoms with E-state index in [9.17, 15) is 8.78 Å². The van der Waals surface area contributed by atoms with Gasteiger partial charge in [-0.15, -0.1) is 0 Å². The van der Waals surface area contributed by atoms with Gasteiger partial charge in [-0.25, -0.2) is 13.8 Å². The van der Waals surface area contributed by atoms with Gasteiger partial charge in [-0.2, -0.15) is 0 Å². The molecule has 2 aliphatic heterocycles. The van der Waals surface area contributed by atoms with Gasteiger partial charge in [0.1, 0.15) is 11.4 Å². The number of rotatable bonds is 1. The normalized spacial score (nSPS) is 25.3. The Morgan fingerprint density at radius 2 is 1.95 bits per heavy atom. The van der Waals surface area contributed by atoms with Crippen molar-refractivity contribution in [1.29, 1.82) is 0 Å². The molecule has 7 heteroatoms. The van der Waals surface area contributed by atoms with Gasteiger partial charge >= 0.3 is 0 Å². The summed E-state index contributed by atoms with van der Waals surface area (Å²) in [7, 11) is 0. The minimum Gasteiger partial charge on any atom is -0.378 e. The van der Waals surface area contributed by atoms with Gasteiger partial charge in [-0.1, -0.05) is 0 Å². The molecule has 3 heterocycles. The Morgan fingerprint density at radius 1 is 1.14 bits per heavy atom. The van der Waals surface area contributed by atoms with Gasteiger partial charge in [0.05, 0.1) is 37.0 Å². The van der Waals surface area contributed by atoms with Gasteiger partial charge in [0.15, 0.2) is 11.6 Å². The van der Waals surface area contributed by atoms with Crippen LogP contribution in [0.4, 0.5) is 14.6 Å². The van der Waals surface area contributed by atoms with E-state index in [1.807, 2.05) is 0 Å². The van der Waals surface area contributed by atoms with Gasteiger partial charge in [0, 0.05) is 31.7 Å². The van der Waals surface area contributed by atoms with E-state index in [0.29, 0.717) is 49.8 Å². The molecule has 22 heavy (non-hydrogen) atoms. The number of hydrogen-bond acceptors (Lipinski definition) is 5. The molecule has 2 aromatic rings. The van der Waals surface area contributed by atoms with Crippen LogP contribution in [0.3, 0.4) is 0 Å². The van der Waals surface area contributed by atoms with Gasteiger partial charge in [0.25, 0.3) is 0 Å². The Labute approximate surface area is 125 Å². The average Bonchev–Trinajstić information content (AvgIpc) is 2.96. The molecule has 5 nitrogen and oxygen atoms in total. The minimum atomic E-state index is -0.915. The average molecular weight is 307 g/mol. The SMILES string of the molecule is Fc1cc2ncc(N3CCOC4(CCOC4)C3)nc2cc1F. The highest BCUT2D eigenvalue weighted by molar-refractivity contribution is 5.75. The first kappa shape index (κ1) is 13.8. The lowest BCUT2D eigenvalue weighted by molar-refractivity contribution is -0.0581. The number of ether oxygens (including phenoxy) is 2. The first-order valence-corrected chi connectivity index (χ1v) is 7.24. The number of aromatic nitrogens is 2. The number of fused-ring (bicyclic) bond motifs is 1. The van der Waals surface area contributed by atoms with Crippen LogP contribution in [0, 0.1) is 11.6 Å². The fraction of sp³-hybridized carbons (Fsp3) is 0.467. The van der Waals surface area contributed by atoms with Crippen molar-refractivity contribution in [2.75, 3.05) is 37.8 Å². The molecule has 1 aromatic carbocycles. The van der Waals surface area contributed by atoms with Crippen molar-refractivity contribution in [2.45, 2.75) is 12.0 Å². The first-order chi connectivity index (χ1) is 10.7. The molecule has 0 bridgehead atoms. The lowest BCUT2D eigenvalue weighted by Gasteiger charge is -2.39. The molecule has 4 rings (SSSR count). The van der Waals surface area contributed by atoms with Crippen molar-refractivity contribution in [3.05, 3.63) is 30.0 Å². The third-order valence-electron chi connectivity index (χ3n) is 4.21. The number of halogens is 2. The van der Waals surface area contributed by atoms with E-state index in [-0.39, 0.29) is 5.60 Å². The summed E-state index contributed by atoms with van der Waals surface area (Å²) in [6.45, 7) is 3.20. The summed E-state index contributed by atoms with van der Waals surface area (Å²) in [5.41, 5.74) is 0.401. The van der Waals surface area contributed by atoms with Crippen LogP contribution in [-0.4, -0.2) is 48.5 Å². The van der Waals surface area contributed by atoms with Crippen molar-refractivity contribution >= 4 is 16.9 Å². The molecular weight excluding hydrogens is 292 g/mol. The van der Waals surface area contributed by atoms with E-state index >= 15 is 0 Å². The van der Waals surface area contributed by atoms with Crippen LogP contribution < -0.4 is 4.90 Å². The summed E-state index contributed by atoms with van der Waals surface area (Å²) in [6.07, 6.45) is 2.44. The molecule has 116 valence electrons. The predicted molar refractivity (Wildman–Crippen MR) is 75.8 cm³/mol. The van der Waals surface area contributed by atoms with Crippen LogP contribution in [0.1, 0.15) is 6.42 Å². The lowest BCUT2D eigenvalue weighted by atomic mass is 10.0. The number of nitrogens with zero attached hydrogens (tertiary/aromatic N) is 3. The molecule has 0 amide bonds. The van der Waals surface area contributed by atoms with E-state index in [0.717, 1.165) is 18.6 Å². The van der Waals surface area contributed by atoms with Gasteiger partial charge in [0.2, 0.25) is 0 Å². The van der Waals surface area contributed by atoms with E-state index in [1.165, 1.54) is 0 Å². The number of benzene rings is 1. The quantitative estimate of drug-likeness (QED) is 0.805. The van der Waals surface area contributed by atoms with Gasteiger partial charge in [-0.3, -0.25) is 4.98 Å². The zero-order valence-corrected chi connectivity index (χ0v) is 11.9. The zero-order chi connectivity index (χ0) is 15.2. The highest BCUT2D eigenvalue weighted by Crippen LogP contribution is 2.29. The monoisotopic (exact) mass is 307 g/mol. The van der Waals surface area contributed by atoms with Crippen LogP contribution in [0.15, 0.2) is 18.3 Å². The summed E-state index contributed by atoms with van der Waals surface area (Å²) in [5.74, 6) is -1.18. The maximum atomic E-state index is 13.4. The second-order valence-corrected chi connectivity index (χ2v) is 5.74. The highest BCUT2D eigenvalue weighted by Gasteiger charge is 2.40. The fourth-order valence-electron chi connectivity index (χ4n) is 3.02. The van der Waals surface area contributed by atoms with E-state index < -0.39 is 11.6 Å². The minimum absolute atomic E-state index is 0.289. The van der Waals surface area contributed by atoms with Crippen molar-refractivity contribution in [3.63, 3.8) is 0 Å². The molecule has 2 aliphatic rings. The predicted octanol–water partition coefficient (Wildman–Crippen LogP) is 1.90. The summed E-state index contributed by atoms with van der Waals surface area (Å²) >= 11 is 0. The molecule has 0 radical (unpaired) electrons. The summed E-state index contributed by atoms with van der Waals surface area (Å²) in [5, 5.41) is 0. The van der Waals surface area contributed by atoms with Crippen LogP contribution >= 0.6 is 0 Å². The smallest absolute Gasteiger partial charge is 0.161 e. The molecule has 0 saturated carbocycles. The Hall–Kier alpha value is -1.86. The van der Waals surface area contributed by atoms with Crippen LogP contribution in [0.5, 0.6) is 0 Å². The van der Waals surface area contributed by atoms with Crippen LogP contribution in [0.2, 0.25) is 0 Å². The molecule has 0 aliphatic carbocycles. The summed E-state index contributed by atoms with van der Waals surface area (Å²) in [6, 6.07) is 2.14. The Balaban J connectivity index is 1.67. The van der Waals surface area contributed by atoms with E-state index in [2.05, 4.69) is 14.9 Å². The zero-order valence-electron chi connectivity index (χ0n) is 11.9.